The van der Waals surface area contributed by atoms with Crippen LogP contribution >= 0.6 is 0 Å². The van der Waals surface area contributed by atoms with Crippen LogP contribution in [0.2, 0.25) is 0 Å². The number of aromatic nitrogens is 2. The second kappa shape index (κ2) is 12.6. The number of amides is 2. The summed E-state index contributed by atoms with van der Waals surface area (Å²) < 4.78 is 26.5. The van der Waals surface area contributed by atoms with Crippen molar-refractivity contribution in [2.45, 2.75) is 45.5 Å². The number of esters is 1. The van der Waals surface area contributed by atoms with Crippen LogP contribution in [-0.4, -0.2) is 78.1 Å². The first-order valence-electron chi connectivity index (χ1n) is 13.5. The Balaban J connectivity index is 1.51. The van der Waals surface area contributed by atoms with E-state index in [1.807, 2.05) is 18.2 Å². The molecule has 212 valence electrons. The number of hydrogen-bond donors (Lipinski definition) is 1. The Morgan fingerprint density at radius 1 is 1.07 bits per heavy atom. The molecule has 1 atom stereocenters. The van der Waals surface area contributed by atoms with Gasteiger partial charge in [0.2, 0.25) is 0 Å². The van der Waals surface area contributed by atoms with E-state index in [2.05, 4.69) is 9.13 Å². The maximum atomic E-state index is 13.3. The van der Waals surface area contributed by atoms with Crippen LogP contribution in [0, 0.1) is 0 Å². The molecule has 2 aromatic carbocycles. The molecule has 2 amide bonds. The molecular formula is C29H34N3O8+. The summed E-state index contributed by atoms with van der Waals surface area (Å²) in [5, 5.41) is 9.24. The van der Waals surface area contributed by atoms with E-state index in [-0.39, 0.29) is 56.9 Å². The number of aliphatic hydroxyl groups is 1. The highest BCUT2D eigenvalue weighted by Crippen LogP contribution is 2.28. The van der Waals surface area contributed by atoms with Crippen LogP contribution in [0.25, 0.3) is 11.0 Å². The molecule has 11 nitrogen and oxygen atoms in total. The Bertz CT molecular complexity index is 1360. The lowest BCUT2D eigenvalue weighted by atomic mass is 10.1. The van der Waals surface area contributed by atoms with E-state index >= 15 is 0 Å². The second-order valence-electron chi connectivity index (χ2n) is 9.73. The van der Waals surface area contributed by atoms with Crippen LogP contribution in [0.15, 0.2) is 42.5 Å². The minimum absolute atomic E-state index is 0.00743. The number of benzene rings is 2. The van der Waals surface area contributed by atoms with Gasteiger partial charge in [-0.25, -0.2) is 9.13 Å². The van der Waals surface area contributed by atoms with Crippen molar-refractivity contribution < 1.29 is 43.0 Å². The first kappa shape index (κ1) is 27.8. The summed E-state index contributed by atoms with van der Waals surface area (Å²) in [6.07, 6.45) is 1.87. The predicted molar refractivity (Wildman–Crippen MR) is 142 cm³/mol. The quantitative estimate of drug-likeness (QED) is 0.148. The molecule has 2 aliphatic rings. The smallest absolute Gasteiger partial charge is 0.302 e. The molecule has 0 bridgehead atoms. The average Bonchev–Trinajstić information content (AvgIpc) is 3.63. The molecule has 1 saturated heterocycles. The lowest BCUT2D eigenvalue weighted by Crippen LogP contribution is -2.44. The third-order valence-corrected chi connectivity index (χ3v) is 7.09. The zero-order chi connectivity index (χ0) is 28.1. The van der Waals surface area contributed by atoms with Crippen molar-refractivity contribution in [3.63, 3.8) is 0 Å². The molecule has 40 heavy (non-hydrogen) atoms. The van der Waals surface area contributed by atoms with Crippen LogP contribution in [0.5, 0.6) is 5.75 Å². The Morgan fingerprint density at radius 2 is 1.85 bits per heavy atom. The summed E-state index contributed by atoms with van der Waals surface area (Å²) >= 11 is 0. The lowest BCUT2D eigenvalue weighted by molar-refractivity contribution is -0.682. The molecule has 0 saturated carbocycles. The van der Waals surface area contributed by atoms with Crippen LogP contribution < -0.4 is 9.30 Å². The number of nitrogens with zero attached hydrogens (tertiary/aromatic N) is 3. The molecule has 2 aliphatic heterocycles. The van der Waals surface area contributed by atoms with Gasteiger partial charge in [-0.1, -0.05) is 12.1 Å². The average molecular weight is 553 g/mol. The van der Waals surface area contributed by atoms with Crippen LogP contribution in [0.4, 0.5) is 0 Å². The normalized spacial score (nSPS) is 16.6. The van der Waals surface area contributed by atoms with Crippen LogP contribution in [-0.2, 0) is 38.6 Å². The van der Waals surface area contributed by atoms with E-state index in [0.29, 0.717) is 43.2 Å². The van der Waals surface area contributed by atoms with Gasteiger partial charge < -0.3 is 24.1 Å². The SMILES string of the molecule is CC(=O)OCCOCC[n+]1c(CN2C(=O)c3ccccc3C2=O)n(C[C@@H]2CCCO2)c2cc(OCCO)ccc21. The van der Waals surface area contributed by atoms with Crippen molar-refractivity contribution in [1.29, 1.82) is 0 Å². The summed E-state index contributed by atoms with van der Waals surface area (Å²) in [6, 6.07) is 12.5. The molecule has 0 aliphatic carbocycles. The molecule has 0 radical (unpaired) electrons. The van der Waals surface area contributed by atoms with E-state index < -0.39 is 0 Å². The first-order valence-corrected chi connectivity index (χ1v) is 13.5. The summed E-state index contributed by atoms with van der Waals surface area (Å²) in [4.78, 5) is 38.9. The van der Waals surface area contributed by atoms with E-state index in [0.717, 1.165) is 29.7 Å². The van der Waals surface area contributed by atoms with Crippen molar-refractivity contribution in [3.8, 4) is 5.75 Å². The molecule has 3 heterocycles. The van der Waals surface area contributed by atoms with Gasteiger partial charge in [-0.15, -0.1) is 0 Å². The van der Waals surface area contributed by atoms with Crippen molar-refractivity contribution >= 4 is 28.8 Å². The Hall–Kier alpha value is -3.80. The number of fused-ring (bicyclic) bond motifs is 2. The molecule has 5 rings (SSSR count). The maximum absolute atomic E-state index is 13.3. The predicted octanol–water partition coefficient (Wildman–Crippen LogP) is 1.85. The molecule has 11 heteroatoms. The van der Waals surface area contributed by atoms with E-state index in [9.17, 15) is 19.5 Å². The molecular weight excluding hydrogens is 518 g/mol. The number of imide groups is 1. The van der Waals surface area contributed by atoms with Crippen molar-refractivity contribution in [1.82, 2.24) is 9.47 Å². The lowest BCUT2D eigenvalue weighted by Gasteiger charge is -2.15. The number of imidazole rings is 1. The zero-order valence-electron chi connectivity index (χ0n) is 22.5. The minimum atomic E-state index is -0.363. The van der Waals surface area contributed by atoms with E-state index in [1.165, 1.54) is 11.8 Å². The van der Waals surface area contributed by atoms with Crippen LogP contribution in [0.3, 0.4) is 0 Å². The zero-order valence-corrected chi connectivity index (χ0v) is 22.5. The maximum Gasteiger partial charge on any atom is 0.302 e. The summed E-state index contributed by atoms with van der Waals surface area (Å²) in [5.41, 5.74) is 2.53. The fourth-order valence-electron chi connectivity index (χ4n) is 5.27. The number of rotatable bonds is 13. The largest absolute Gasteiger partial charge is 0.491 e. The van der Waals surface area contributed by atoms with Gasteiger partial charge >= 0.3 is 5.97 Å². The number of hydrogen-bond acceptors (Lipinski definition) is 8. The van der Waals surface area contributed by atoms with Gasteiger partial charge in [-0.05, 0) is 37.1 Å². The topological polar surface area (TPSA) is 120 Å². The Morgan fingerprint density at radius 3 is 2.52 bits per heavy atom. The van der Waals surface area contributed by atoms with Crippen molar-refractivity contribution in [3.05, 3.63) is 59.4 Å². The van der Waals surface area contributed by atoms with Gasteiger partial charge in [-0.3, -0.25) is 19.3 Å². The number of carbonyl (C=O) groups excluding carboxylic acids is 3. The first-order chi connectivity index (χ1) is 19.5. The van der Waals surface area contributed by atoms with E-state index in [1.54, 1.807) is 24.3 Å². The third-order valence-electron chi connectivity index (χ3n) is 7.09. The van der Waals surface area contributed by atoms with Gasteiger partial charge in [0.15, 0.2) is 11.0 Å². The fraction of sp³-hybridized carbons (Fsp3) is 0.448. The molecule has 0 spiro atoms. The highest BCUT2D eigenvalue weighted by Gasteiger charge is 2.39. The molecule has 1 aromatic heterocycles. The van der Waals surface area contributed by atoms with Crippen LogP contribution in [0.1, 0.15) is 46.3 Å². The van der Waals surface area contributed by atoms with Gasteiger partial charge in [0.1, 0.15) is 38.6 Å². The number of carbonyl (C=O) groups is 3. The van der Waals surface area contributed by atoms with Gasteiger partial charge in [0.25, 0.3) is 17.6 Å². The number of aliphatic hydroxyl groups excluding tert-OH is 1. The third kappa shape index (κ3) is 5.86. The highest BCUT2D eigenvalue weighted by molar-refractivity contribution is 6.21. The summed E-state index contributed by atoms with van der Waals surface area (Å²) in [6.45, 7) is 3.87. The summed E-state index contributed by atoms with van der Waals surface area (Å²) in [7, 11) is 0. The monoisotopic (exact) mass is 552 g/mol. The van der Waals surface area contributed by atoms with Gasteiger partial charge in [0.05, 0.1) is 37.1 Å². The standard InChI is InChI=1S/C29H34N3O8/c1-20(34)38-16-15-37-13-10-30-25-9-8-21(40-14-11-33)17-26(25)31(18-22-5-4-12-39-22)27(30)19-32-28(35)23-6-2-3-7-24(23)29(32)36/h2-3,6-9,17,22,33H,4-5,10-16,18-19H2,1H3/q+1/t22-/m0/s1. The fourth-order valence-corrected chi connectivity index (χ4v) is 5.27. The van der Waals surface area contributed by atoms with Gasteiger partial charge in [0, 0.05) is 19.6 Å². The second-order valence-corrected chi connectivity index (χ2v) is 9.73. The molecule has 0 unspecified atom stereocenters. The Labute approximate surface area is 231 Å². The molecule has 1 fully saturated rings. The Kier molecular flexibility index (Phi) is 8.73. The summed E-state index contributed by atoms with van der Waals surface area (Å²) in [5.74, 6) is 0.335. The van der Waals surface area contributed by atoms with Crippen molar-refractivity contribution in [2.75, 3.05) is 39.6 Å². The van der Waals surface area contributed by atoms with E-state index in [4.69, 9.17) is 18.9 Å². The number of ether oxygens (including phenoxy) is 4. The molecule has 1 N–H and O–H groups in total. The van der Waals surface area contributed by atoms with Crippen molar-refractivity contribution in [2.24, 2.45) is 0 Å². The highest BCUT2D eigenvalue weighted by atomic mass is 16.6. The minimum Gasteiger partial charge on any atom is -0.491 e. The van der Waals surface area contributed by atoms with Gasteiger partial charge in [-0.2, -0.15) is 0 Å². The molecule has 3 aromatic rings.